The van der Waals surface area contributed by atoms with Gasteiger partial charge in [-0.3, -0.25) is 4.79 Å². The van der Waals surface area contributed by atoms with Crippen molar-refractivity contribution in [3.05, 3.63) is 42.1 Å². The van der Waals surface area contributed by atoms with Crippen molar-refractivity contribution >= 4 is 21.9 Å². The van der Waals surface area contributed by atoms with Gasteiger partial charge in [0.05, 0.1) is 37.0 Å². The number of nitrogens with one attached hydrogen (secondary N) is 1. The first-order valence-corrected chi connectivity index (χ1v) is 17.6. The Kier molecular flexibility index (Phi) is 11.0. The van der Waals surface area contributed by atoms with Crippen LogP contribution in [0.5, 0.6) is 11.5 Å². The van der Waals surface area contributed by atoms with Gasteiger partial charge in [-0.2, -0.15) is 22.7 Å². The molecule has 0 saturated carbocycles. The maximum Gasteiger partial charge on any atom is 0.279 e. The molecule has 0 radical (unpaired) electrons. The normalized spacial score (nSPS) is 21.4. The Hall–Kier alpha value is -3.42. The first-order chi connectivity index (χ1) is 22.4. The van der Waals surface area contributed by atoms with E-state index < -0.39 is 21.9 Å². The van der Waals surface area contributed by atoms with Gasteiger partial charge in [-0.1, -0.05) is 0 Å². The first kappa shape index (κ1) is 34.9. The van der Waals surface area contributed by atoms with Crippen LogP contribution in [0.1, 0.15) is 56.3 Å². The van der Waals surface area contributed by atoms with E-state index in [-0.39, 0.29) is 47.9 Å². The van der Waals surface area contributed by atoms with Crippen LogP contribution in [0, 0.1) is 22.6 Å². The molecule has 15 heteroatoms. The van der Waals surface area contributed by atoms with Gasteiger partial charge in [0, 0.05) is 57.8 Å². The van der Waals surface area contributed by atoms with Crippen LogP contribution in [-0.4, -0.2) is 117 Å². The molecule has 0 bridgehead atoms. The van der Waals surface area contributed by atoms with Gasteiger partial charge in [-0.25, -0.2) is 14.4 Å². The van der Waals surface area contributed by atoms with Gasteiger partial charge in [0.2, 0.25) is 0 Å². The van der Waals surface area contributed by atoms with Crippen LogP contribution < -0.4 is 14.4 Å². The van der Waals surface area contributed by atoms with Gasteiger partial charge in [-0.15, -0.1) is 0 Å². The molecule has 0 aliphatic carbocycles. The summed E-state index contributed by atoms with van der Waals surface area (Å²) in [6.45, 7) is 8.67. The number of carbonyl (C=O) groups is 1. The zero-order valence-corrected chi connectivity index (χ0v) is 28.4. The molecule has 1 amide bonds. The average molecular weight is 673 g/mol. The summed E-state index contributed by atoms with van der Waals surface area (Å²) in [5, 5.41) is 9.06. The molecule has 1 spiro atoms. The third-order valence-corrected chi connectivity index (χ3v) is 10.9. The third kappa shape index (κ3) is 8.36. The van der Waals surface area contributed by atoms with Crippen LogP contribution >= 0.6 is 0 Å². The topological polar surface area (TPSA) is 144 Å². The molecule has 2 atom stereocenters. The van der Waals surface area contributed by atoms with E-state index >= 15 is 0 Å². The van der Waals surface area contributed by atoms with Crippen LogP contribution in [0.4, 0.5) is 10.2 Å². The summed E-state index contributed by atoms with van der Waals surface area (Å²) < 4.78 is 54.7. The van der Waals surface area contributed by atoms with Gasteiger partial charge in [-0.05, 0) is 70.8 Å². The predicted molar refractivity (Wildman–Crippen MR) is 174 cm³/mol. The van der Waals surface area contributed by atoms with E-state index in [2.05, 4.69) is 30.6 Å². The Morgan fingerprint density at radius 3 is 2.62 bits per heavy atom. The molecule has 4 heterocycles. The van der Waals surface area contributed by atoms with Crippen LogP contribution in [0.25, 0.3) is 0 Å². The molecule has 47 heavy (non-hydrogen) atoms. The lowest BCUT2D eigenvalue weighted by Crippen LogP contribution is -2.61. The SMILES string of the molecule is CC(C)N(CCC#N)C(=O)c1cc(F)ccc1Oc1cncnc1N1CC2(CCN(C[C@@H]3CC[C@@H](NS(=O)(=O)N(C)C)CO3)CC2)C1. The molecule has 3 fully saturated rings. The van der Waals surface area contributed by atoms with Crippen molar-refractivity contribution in [3.8, 4) is 17.6 Å². The fraction of sp³-hybridized carbons (Fsp3) is 0.625. The molecule has 3 aliphatic heterocycles. The van der Waals surface area contributed by atoms with Crippen molar-refractivity contribution in [3.63, 3.8) is 0 Å². The predicted octanol–water partition coefficient (Wildman–Crippen LogP) is 3.02. The second-order valence-corrected chi connectivity index (χ2v) is 15.2. The number of piperidine rings is 1. The van der Waals surface area contributed by atoms with E-state index in [4.69, 9.17) is 14.7 Å². The van der Waals surface area contributed by atoms with E-state index in [1.165, 1.54) is 47.8 Å². The fourth-order valence-corrected chi connectivity index (χ4v) is 7.32. The van der Waals surface area contributed by atoms with Crippen molar-refractivity contribution < 1.29 is 27.1 Å². The Balaban J connectivity index is 1.16. The number of nitrogens with zero attached hydrogens (tertiary/aromatic N) is 7. The number of likely N-dealkylation sites (tertiary alicyclic amines) is 1. The van der Waals surface area contributed by atoms with E-state index in [0.717, 1.165) is 58.4 Å². The number of amides is 1. The molecule has 3 saturated heterocycles. The highest BCUT2D eigenvalue weighted by Crippen LogP contribution is 2.45. The smallest absolute Gasteiger partial charge is 0.279 e. The molecule has 1 aromatic carbocycles. The van der Waals surface area contributed by atoms with Crippen LogP contribution in [0.15, 0.2) is 30.7 Å². The monoisotopic (exact) mass is 672 g/mol. The highest BCUT2D eigenvalue weighted by atomic mass is 32.2. The van der Waals surface area contributed by atoms with Crippen LogP contribution in [-0.2, 0) is 14.9 Å². The van der Waals surface area contributed by atoms with Crippen LogP contribution in [0.3, 0.4) is 0 Å². The third-order valence-electron chi connectivity index (χ3n) is 9.30. The van der Waals surface area contributed by atoms with Crippen molar-refractivity contribution in [2.45, 2.75) is 64.1 Å². The van der Waals surface area contributed by atoms with Gasteiger partial charge < -0.3 is 24.2 Å². The molecule has 3 aliphatic rings. The van der Waals surface area contributed by atoms with Crippen molar-refractivity contribution in [1.82, 2.24) is 28.8 Å². The highest BCUT2D eigenvalue weighted by Gasteiger charge is 2.46. The highest BCUT2D eigenvalue weighted by molar-refractivity contribution is 7.87. The molecular weight excluding hydrogens is 627 g/mol. The Bertz CT molecular complexity index is 1540. The number of carbonyl (C=O) groups excluding carboxylic acids is 1. The van der Waals surface area contributed by atoms with Crippen LogP contribution in [0.2, 0.25) is 0 Å². The summed E-state index contributed by atoms with van der Waals surface area (Å²) in [5.41, 5.74) is 0.239. The number of anilines is 1. The molecule has 1 aromatic heterocycles. The lowest BCUT2D eigenvalue weighted by molar-refractivity contribution is -0.0300. The maximum absolute atomic E-state index is 14.3. The van der Waals surface area contributed by atoms with E-state index in [9.17, 15) is 17.6 Å². The average Bonchev–Trinajstić information content (AvgIpc) is 3.02. The molecule has 2 aromatic rings. The molecule has 5 rings (SSSR count). The summed E-state index contributed by atoms with van der Waals surface area (Å²) in [4.78, 5) is 28.3. The lowest BCUT2D eigenvalue weighted by atomic mass is 9.72. The minimum Gasteiger partial charge on any atom is -0.451 e. The maximum atomic E-state index is 14.3. The Morgan fingerprint density at radius 1 is 1.23 bits per heavy atom. The first-order valence-electron chi connectivity index (χ1n) is 16.1. The Morgan fingerprint density at radius 2 is 1.98 bits per heavy atom. The number of benzene rings is 1. The summed E-state index contributed by atoms with van der Waals surface area (Å²) in [6.07, 6.45) is 6.91. The standard InChI is InChI=1S/C32H45FN8O5S/c1-23(2)41(13-5-12-34)31(42)27-16-24(33)6-9-28(27)46-29-17-35-22-36-30(29)40-20-32(21-40)10-14-39(15-11-32)18-26-8-7-25(19-45-26)37-47(43,44)38(3)4/h6,9,16-17,22-23,25-26,37H,5,7-8,10-11,13-15,18-21H2,1-4H3/t25-,26+/m1/s1. The van der Waals surface area contributed by atoms with E-state index in [1.807, 2.05) is 13.8 Å². The van der Waals surface area contributed by atoms with Crippen molar-refractivity contribution in [2.24, 2.45) is 5.41 Å². The quantitative estimate of drug-likeness (QED) is 0.357. The van der Waals surface area contributed by atoms with Gasteiger partial charge in [0.1, 0.15) is 17.9 Å². The second kappa shape index (κ2) is 14.8. The number of rotatable bonds is 12. The summed E-state index contributed by atoms with van der Waals surface area (Å²) in [7, 11) is -0.458. The van der Waals surface area contributed by atoms with Gasteiger partial charge >= 0.3 is 0 Å². The zero-order chi connectivity index (χ0) is 33.8. The summed E-state index contributed by atoms with van der Waals surface area (Å²) in [6, 6.07) is 5.52. The molecule has 1 N–H and O–H groups in total. The number of hydrogen-bond donors (Lipinski definition) is 1. The van der Waals surface area contributed by atoms with Crippen molar-refractivity contribution in [1.29, 1.82) is 5.26 Å². The van der Waals surface area contributed by atoms with Gasteiger partial charge in [0.15, 0.2) is 11.6 Å². The second-order valence-electron chi connectivity index (χ2n) is 13.2. The molecule has 0 unspecified atom stereocenters. The number of nitriles is 1. The van der Waals surface area contributed by atoms with Crippen molar-refractivity contribution in [2.75, 3.05) is 64.9 Å². The largest absolute Gasteiger partial charge is 0.451 e. The molecule has 13 nitrogen and oxygen atoms in total. The fourth-order valence-electron chi connectivity index (χ4n) is 6.50. The molecular formula is C32H45FN8O5S. The lowest BCUT2D eigenvalue weighted by Gasteiger charge is -2.54. The number of hydrogen-bond acceptors (Lipinski definition) is 10. The Labute approximate surface area is 276 Å². The number of aromatic nitrogens is 2. The minimum absolute atomic E-state index is 0.0752. The summed E-state index contributed by atoms with van der Waals surface area (Å²) >= 11 is 0. The zero-order valence-electron chi connectivity index (χ0n) is 27.6. The number of halogens is 1. The molecule has 256 valence electrons. The number of ether oxygens (including phenoxy) is 2. The van der Waals surface area contributed by atoms with E-state index in [1.54, 1.807) is 6.20 Å². The van der Waals surface area contributed by atoms with E-state index in [0.29, 0.717) is 18.2 Å². The van der Waals surface area contributed by atoms with Gasteiger partial charge in [0.25, 0.3) is 16.1 Å². The minimum atomic E-state index is -3.48. The summed E-state index contributed by atoms with van der Waals surface area (Å²) in [5.74, 6) is 0.234.